The predicted molar refractivity (Wildman–Crippen MR) is 20.8 cm³/mol. The van der Waals surface area contributed by atoms with E-state index in [1.807, 2.05) is 0 Å². The quantitative estimate of drug-likeness (QED) is 0.173. The molecule has 0 unspecified atom stereocenters. The van der Waals surface area contributed by atoms with Gasteiger partial charge in [-0.2, -0.15) is 9.59 Å². The Bertz CT molecular complexity index is 70.2. The summed E-state index contributed by atoms with van der Waals surface area (Å²) in [6.07, 6.45) is 0.250. The molecular weight excluding hydrogens is 178 g/mol. The van der Waals surface area contributed by atoms with Crippen molar-refractivity contribution in [2.75, 3.05) is 0 Å². The fourth-order valence-corrected chi connectivity index (χ4v) is 0. The Hall–Kier alpha value is 0.770. The van der Waals surface area contributed by atoms with E-state index in [0.29, 0.717) is 0 Å². The van der Waals surface area contributed by atoms with Gasteiger partial charge < -0.3 is 15.6 Å². The Kier molecular flexibility index (Phi) is 270. The van der Waals surface area contributed by atoms with Crippen LogP contribution in [0.5, 0.6) is 0 Å². The Balaban J connectivity index is -0.00000000848. The van der Waals surface area contributed by atoms with Crippen molar-refractivity contribution in [3.63, 3.8) is 0 Å². The van der Waals surface area contributed by atoms with Gasteiger partial charge in [0.25, 0.3) is 6.47 Å². The van der Waals surface area contributed by atoms with Gasteiger partial charge in [-0.3, -0.25) is 4.79 Å². The van der Waals surface area contributed by atoms with E-state index in [4.69, 9.17) is 19.6 Å². The van der Waals surface area contributed by atoms with E-state index in [-0.39, 0.29) is 84.6 Å². The van der Waals surface area contributed by atoms with E-state index < -0.39 is 0 Å². The molecule has 0 saturated carbocycles. The fourth-order valence-electron chi connectivity index (χ4n) is 0. The third-order valence-corrected chi connectivity index (χ3v) is 0.0393. The SMILES string of the molecule is C.O=C=O.O=CO[O-].[Na+].[Na+].[OH-]. The summed E-state index contributed by atoms with van der Waals surface area (Å²) in [5.74, 6) is 0. The molecule has 0 fully saturated rings. The Morgan fingerprint density at radius 1 is 1.27 bits per heavy atom. The van der Waals surface area contributed by atoms with Crippen LogP contribution in [0.1, 0.15) is 7.43 Å². The summed E-state index contributed by atoms with van der Waals surface area (Å²) >= 11 is 0. The second-order valence-corrected chi connectivity index (χ2v) is 0.276. The number of carbonyl (C=O) groups excluding carboxylic acids is 3. The molecule has 0 amide bonds. The number of carbonyl (C=O) groups is 1. The van der Waals surface area contributed by atoms with Crippen molar-refractivity contribution in [3.05, 3.63) is 0 Å². The first-order chi connectivity index (χ1) is 3.33. The zero-order valence-electron chi connectivity index (χ0n) is 5.57. The molecule has 0 aliphatic heterocycles. The van der Waals surface area contributed by atoms with E-state index in [2.05, 4.69) is 4.89 Å². The molecule has 0 aromatic heterocycles. The molecule has 0 atom stereocenters. The first-order valence-electron chi connectivity index (χ1n) is 1.05. The monoisotopic (exact) mass is 184 g/mol. The van der Waals surface area contributed by atoms with Gasteiger partial charge in [0.05, 0.1) is 0 Å². The minimum absolute atomic E-state index is 0. The van der Waals surface area contributed by atoms with Gasteiger partial charge in [0.2, 0.25) is 0 Å². The first kappa shape index (κ1) is 41.0. The summed E-state index contributed by atoms with van der Waals surface area (Å²) in [5.41, 5.74) is 0. The van der Waals surface area contributed by atoms with Crippen LogP contribution in [0.3, 0.4) is 0 Å². The molecule has 0 bridgehead atoms. The molecule has 1 N–H and O–H groups in total. The van der Waals surface area contributed by atoms with Crippen molar-refractivity contribution in [1.82, 2.24) is 0 Å². The summed E-state index contributed by atoms with van der Waals surface area (Å²) in [6, 6.07) is 0. The molecule has 0 aliphatic rings. The van der Waals surface area contributed by atoms with Crippen LogP contribution in [-0.2, 0) is 19.3 Å². The standard InChI is InChI=1S/CH2O3.CO2.CH4.2Na.H2O/c2-1-4-3;2-1-3;;;;/h1,3H;;1H4;;;1H2/q;;;2*+1;/p-2. The maximum atomic E-state index is 8.64. The van der Waals surface area contributed by atoms with E-state index in [1.165, 1.54) is 0 Å². The van der Waals surface area contributed by atoms with Crippen LogP contribution in [0.4, 0.5) is 0 Å². The smallest absolute Gasteiger partial charge is 0.870 e. The van der Waals surface area contributed by atoms with E-state index in [0.717, 1.165) is 0 Å². The van der Waals surface area contributed by atoms with Gasteiger partial charge in [0.1, 0.15) is 0 Å². The molecule has 8 heteroatoms. The number of hydrogen-bond acceptors (Lipinski definition) is 6. The summed E-state index contributed by atoms with van der Waals surface area (Å²) in [5, 5.41) is 8.43. The summed E-state index contributed by atoms with van der Waals surface area (Å²) in [4.78, 5) is 27.5. The van der Waals surface area contributed by atoms with E-state index in [9.17, 15) is 0 Å². The maximum absolute atomic E-state index is 8.64. The maximum Gasteiger partial charge on any atom is 1.00 e. The molecule has 0 heterocycles. The Labute approximate surface area is 108 Å². The van der Waals surface area contributed by atoms with Crippen molar-refractivity contribution in [2.45, 2.75) is 7.43 Å². The minimum Gasteiger partial charge on any atom is -0.870 e. The molecule has 11 heavy (non-hydrogen) atoms. The van der Waals surface area contributed by atoms with Crippen LogP contribution >= 0.6 is 0 Å². The number of rotatable bonds is 1. The topological polar surface area (TPSA) is 114 Å². The van der Waals surface area contributed by atoms with E-state index in [1.54, 1.807) is 0 Å². The second kappa shape index (κ2) is 72.3. The average Bonchev–Trinajstić information content (AvgIpc) is 1.69. The molecule has 0 aromatic rings. The molecule has 0 spiro atoms. The molecule has 0 rings (SSSR count). The van der Waals surface area contributed by atoms with Crippen molar-refractivity contribution in [1.29, 1.82) is 0 Å². The third-order valence-electron chi connectivity index (χ3n) is 0.0393. The van der Waals surface area contributed by atoms with Crippen molar-refractivity contribution in [3.8, 4) is 0 Å². The van der Waals surface area contributed by atoms with Crippen molar-refractivity contribution in [2.24, 2.45) is 0 Å². The van der Waals surface area contributed by atoms with Gasteiger partial charge in [-0.25, -0.2) is 0 Å². The van der Waals surface area contributed by atoms with E-state index >= 15 is 0 Å². The van der Waals surface area contributed by atoms with Crippen LogP contribution in [-0.4, -0.2) is 18.1 Å². The summed E-state index contributed by atoms with van der Waals surface area (Å²) < 4.78 is 0. The largest absolute Gasteiger partial charge is 1.00 e. The Morgan fingerprint density at radius 3 is 1.36 bits per heavy atom. The normalized spacial score (nSPS) is 2.64. The van der Waals surface area contributed by atoms with Gasteiger partial charge in [0, 0.05) is 0 Å². The fraction of sp³-hybridized carbons (Fsp3) is 0.333. The predicted octanol–water partition coefficient (Wildman–Crippen LogP) is -7.68. The summed E-state index contributed by atoms with van der Waals surface area (Å²) in [6.45, 7) is -0.181. The van der Waals surface area contributed by atoms with Gasteiger partial charge in [-0.15, -0.1) is 0 Å². The minimum atomic E-state index is -0.181. The zero-order chi connectivity index (χ0) is 6.12. The van der Waals surface area contributed by atoms with Gasteiger partial charge in [-0.1, -0.05) is 7.43 Å². The Morgan fingerprint density at radius 2 is 1.36 bits per heavy atom. The molecule has 0 aromatic carbocycles. The second-order valence-electron chi connectivity index (χ2n) is 0.276. The summed E-state index contributed by atoms with van der Waals surface area (Å²) in [7, 11) is 0. The molecular formula is C3H6Na2O6. The van der Waals surface area contributed by atoms with Crippen molar-refractivity contribution < 1.29 is 89.1 Å². The van der Waals surface area contributed by atoms with Crippen LogP contribution in [0, 0.1) is 0 Å². The molecule has 0 radical (unpaired) electrons. The first-order valence-corrected chi connectivity index (χ1v) is 1.05. The average molecular weight is 184 g/mol. The zero-order valence-corrected chi connectivity index (χ0v) is 9.57. The molecule has 6 nitrogen and oxygen atoms in total. The third kappa shape index (κ3) is 264. The van der Waals surface area contributed by atoms with Gasteiger partial charge in [-0.05, 0) is 0 Å². The van der Waals surface area contributed by atoms with Crippen LogP contribution in [0.15, 0.2) is 0 Å². The molecule has 56 valence electrons. The van der Waals surface area contributed by atoms with Crippen LogP contribution in [0.2, 0.25) is 0 Å². The molecule has 0 aliphatic carbocycles. The van der Waals surface area contributed by atoms with Gasteiger partial charge >= 0.3 is 65.3 Å². The van der Waals surface area contributed by atoms with Crippen LogP contribution < -0.4 is 64.4 Å². The number of hydrogen-bond donors (Lipinski definition) is 0. The molecule has 0 saturated heterocycles. The van der Waals surface area contributed by atoms with Crippen LogP contribution in [0.25, 0.3) is 0 Å². The van der Waals surface area contributed by atoms with Gasteiger partial charge in [0.15, 0.2) is 0 Å². The van der Waals surface area contributed by atoms with Crippen molar-refractivity contribution >= 4 is 12.6 Å².